The average molecular weight is 421 g/mol. The Bertz CT molecular complexity index is 1070. The molecule has 0 bridgehead atoms. The zero-order chi connectivity index (χ0) is 20.1. The van der Waals surface area contributed by atoms with Crippen LogP contribution in [-0.2, 0) is 10.1 Å². The molecule has 0 aromatic heterocycles. The molecule has 3 aromatic rings. The Morgan fingerprint density at radius 2 is 1.79 bits per heavy atom. The van der Waals surface area contributed by atoms with Gasteiger partial charge in [0.15, 0.2) is 0 Å². The van der Waals surface area contributed by atoms with Gasteiger partial charge in [-0.3, -0.25) is 4.55 Å². The molecule has 3 aromatic carbocycles. The van der Waals surface area contributed by atoms with Crippen molar-refractivity contribution in [2.24, 2.45) is 0 Å². The van der Waals surface area contributed by atoms with E-state index < -0.39 is 16.2 Å². The molecule has 0 heterocycles. The predicted molar refractivity (Wildman–Crippen MR) is 112 cm³/mol. The van der Waals surface area contributed by atoms with Crippen molar-refractivity contribution >= 4 is 38.2 Å². The van der Waals surface area contributed by atoms with E-state index in [4.69, 9.17) is 11.6 Å². The van der Waals surface area contributed by atoms with Crippen molar-refractivity contribution in [1.29, 1.82) is 0 Å². The molecule has 0 radical (unpaired) electrons. The maximum Gasteiger partial charge on any atom is 0.294 e. The summed E-state index contributed by atoms with van der Waals surface area (Å²) < 4.78 is 31.8. The first kappa shape index (κ1) is 20.6. The van der Waals surface area contributed by atoms with E-state index in [1.807, 2.05) is 18.2 Å². The van der Waals surface area contributed by atoms with Crippen molar-refractivity contribution in [3.63, 3.8) is 0 Å². The first-order valence-corrected chi connectivity index (χ1v) is 10.5. The Kier molecular flexibility index (Phi) is 6.53. The number of fused-ring (bicyclic) bond motifs is 1. The second-order valence-electron chi connectivity index (χ2n) is 6.37. The van der Waals surface area contributed by atoms with E-state index in [0.29, 0.717) is 30.0 Å². The van der Waals surface area contributed by atoms with Crippen molar-refractivity contribution in [3.8, 4) is 0 Å². The number of hydrogen-bond acceptors (Lipinski definition) is 5. The van der Waals surface area contributed by atoms with Gasteiger partial charge in [0.05, 0.1) is 11.0 Å². The summed E-state index contributed by atoms with van der Waals surface area (Å²) in [6, 6.07) is 17.1. The lowest BCUT2D eigenvalue weighted by Gasteiger charge is -2.14. The van der Waals surface area contributed by atoms with Crippen LogP contribution in [0, 0.1) is 0 Å². The van der Waals surface area contributed by atoms with E-state index in [9.17, 15) is 18.1 Å². The molecule has 148 valence electrons. The summed E-state index contributed by atoms with van der Waals surface area (Å²) in [5.41, 5.74) is 1.62. The standard InChI is InChI=1S/C20H21ClN2O4S/c21-16-5-1-4-15(11-16)20(24)13-22-9-10-23-19-6-2-3-14-12-17(28(25,26)27)7-8-18(14)19/h1-8,11-12,20,22-24H,9-10,13H2,(H,25,26,27)/t20-/m0/s1. The summed E-state index contributed by atoms with van der Waals surface area (Å²) in [6.45, 7) is 1.63. The molecular weight excluding hydrogens is 400 g/mol. The van der Waals surface area contributed by atoms with E-state index in [-0.39, 0.29) is 4.90 Å². The van der Waals surface area contributed by atoms with E-state index in [2.05, 4.69) is 10.6 Å². The fourth-order valence-electron chi connectivity index (χ4n) is 2.93. The minimum absolute atomic E-state index is 0.131. The lowest BCUT2D eigenvalue weighted by molar-refractivity contribution is 0.175. The largest absolute Gasteiger partial charge is 0.387 e. The van der Waals surface area contributed by atoms with Gasteiger partial charge in [-0.1, -0.05) is 41.9 Å². The molecule has 28 heavy (non-hydrogen) atoms. The number of halogens is 1. The van der Waals surface area contributed by atoms with Crippen LogP contribution in [0.2, 0.25) is 5.02 Å². The Hall–Kier alpha value is -2.16. The fourth-order valence-corrected chi connectivity index (χ4v) is 3.65. The summed E-state index contributed by atoms with van der Waals surface area (Å²) in [7, 11) is -4.23. The fraction of sp³-hybridized carbons (Fsp3) is 0.200. The number of rotatable bonds is 8. The molecule has 0 unspecified atom stereocenters. The highest BCUT2D eigenvalue weighted by molar-refractivity contribution is 7.85. The summed E-state index contributed by atoms with van der Waals surface area (Å²) in [5, 5.41) is 18.8. The van der Waals surface area contributed by atoms with E-state index in [0.717, 1.165) is 16.6 Å². The maximum atomic E-state index is 11.3. The molecule has 6 nitrogen and oxygen atoms in total. The van der Waals surface area contributed by atoms with Gasteiger partial charge in [0.25, 0.3) is 10.1 Å². The summed E-state index contributed by atoms with van der Waals surface area (Å²) >= 11 is 5.93. The highest BCUT2D eigenvalue weighted by Gasteiger charge is 2.11. The minimum atomic E-state index is -4.23. The molecule has 0 amide bonds. The number of aliphatic hydroxyl groups is 1. The zero-order valence-corrected chi connectivity index (χ0v) is 16.5. The molecule has 1 atom stereocenters. The first-order valence-electron chi connectivity index (χ1n) is 8.73. The van der Waals surface area contributed by atoms with Crippen molar-refractivity contribution in [1.82, 2.24) is 5.32 Å². The van der Waals surface area contributed by atoms with E-state index >= 15 is 0 Å². The lowest BCUT2D eigenvalue weighted by Crippen LogP contribution is -2.26. The average Bonchev–Trinajstić information content (AvgIpc) is 2.66. The van der Waals surface area contributed by atoms with Crippen LogP contribution in [-0.4, -0.2) is 37.7 Å². The van der Waals surface area contributed by atoms with Gasteiger partial charge in [-0.05, 0) is 41.3 Å². The highest BCUT2D eigenvalue weighted by atomic mass is 35.5. The summed E-state index contributed by atoms with van der Waals surface area (Å²) in [6.07, 6.45) is -0.643. The highest BCUT2D eigenvalue weighted by Crippen LogP contribution is 2.25. The van der Waals surface area contributed by atoms with Crippen LogP contribution in [0.4, 0.5) is 5.69 Å². The van der Waals surface area contributed by atoms with Gasteiger partial charge >= 0.3 is 0 Å². The number of benzene rings is 3. The molecule has 0 saturated heterocycles. The van der Waals surface area contributed by atoms with Crippen LogP contribution in [0.15, 0.2) is 65.6 Å². The van der Waals surface area contributed by atoms with Crippen molar-refractivity contribution in [3.05, 3.63) is 71.2 Å². The van der Waals surface area contributed by atoms with Crippen molar-refractivity contribution < 1.29 is 18.1 Å². The van der Waals surface area contributed by atoms with Gasteiger partial charge in [0.1, 0.15) is 0 Å². The van der Waals surface area contributed by atoms with Gasteiger partial charge in [-0.25, -0.2) is 0 Å². The Morgan fingerprint density at radius 1 is 1.00 bits per heavy atom. The smallest absolute Gasteiger partial charge is 0.294 e. The third-order valence-electron chi connectivity index (χ3n) is 4.34. The molecule has 0 fully saturated rings. The van der Waals surface area contributed by atoms with Crippen LogP contribution < -0.4 is 10.6 Å². The summed E-state index contributed by atoms with van der Waals surface area (Å²) in [5.74, 6) is 0. The van der Waals surface area contributed by atoms with Crippen LogP contribution >= 0.6 is 11.6 Å². The Balaban J connectivity index is 1.55. The minimum Gasteiger partial charge on any atom is -0.387 e. The molecule has 0 aliphatic carbocycles. The Morgan fingerprint density at radius 3 is 2.54 bits per heavy atom. The van der Waals surface area contributed by atoms with Crippen LogP contribution in [0.3, 0.4) is 0 Å². The molecule has 0 aliphatic heterocycles. The molecule has 0 saturated carbocycles. The molecule has 0 aliphatic rings. The predicted octanol–water partition coefficient (Wildman–Crippen LogP) is 3.48. The Labute approximate surface area is 168 Å². The normalized spacial score (nSPS) is 12.8. The molecule has 4 N–H and O–H groups in total. The SMILES string of the molecule is O=S(=O)(O)c1ccc2c(NCCNC[C@H](O)c3cccc(Cl)c3)cccc2c1. The van der Waals surface area contributed by atoms with Crippen LogP contribution in [0.25, 0.3) is 10.8 Å². The van der Waals surface area contributed by atoms with Gasteiger partial charge in [-0.15, -0.1) is 0 Å². The van der Waals surface area contributed by atoms with Crippen LogP contribution in [0.1, 0.15) is 11.7 Å². The third-order valence-corrected chi connectivity index (χ3v) is 5.42. The van der Waals surface area contributed by atoms with Crippen LogP contribution in [0.5, 0.6) is 0 Å². The number of aliphatic hydroxyl groups excluding tert-OH is 1. The quantitative estimate of drug-likeness (QED) is 0.329. The molecular formula is C20H21ClN2O4S. The monoisotopic (exact) mass is 420 g/mol. The second-order valence-corrected chi connectivity index (χ2v) is 8.22. The topological polar surface area (TPSA) is 98.7 Å². The van der Waals surface area contributed by atoms with E-state index in [1.54, 1.807) is 30.3 Å². The molecule has 0 spiro atoms. The third kappa shape index (κ3) is 5.21. The zero-order valence-electron chi connectivity index (χ0n) is 15.0. The first-order chi connectivity index (χ1) is 13.3. The number of nitrogens with one attached hydrogen (secondary N) is 2. The molecule has 3 rings (SSSR count). The number of anilines is 1. The summed E-state index contributed by atoms with van der Waals surface area (Å²) in [4.78, 5) is -0.131. The lowest BCUT2D eigenvalue weighted by atomic mass is 10.1. The molecule has 8 heteroatoms. The van der Waals surface area contributed by atoms with Crippen molar-refractivity contribution in [2.45, 2.75) is 11.0 Å². The van der Waals surface area contributed by atoms with Gasteiger partial charge in [0.2, 0.25) is 0 Å². The number of hydrogen-bond donors (Lipinski definition) is 4. The van der Waals surface area contributed by atoms with Gasteiger partial charge in [-0.2, -0.15) is 8.42 Å². The second kappa shape index (κ2) is 8.89. The van der Waals surface area contributed by atoms with E-state index in [1.165, 1.54) is 12.1 Å². The maximum absolute atomic E-state index is 11.3. The van der Waals surface area contributed by atoms with Gasteiger partial charge < -0.3 is 15.7 Å². The van der Waals surface area contributed by atoms with Gasteiger partial charge in [0, 0.05) is 35.7 Å². The van der Waals surface area contributed by atoms with Crippen molar-refractivity contribution in [2.75, 3.05) is 25.0 Å².